The topological polar surface area (TPSA) is 48.4 Å². The van der Waals surface area contributed by atoms with Gasteiger partial charge in [0, 0.05) is 29.7 Å². The number of hydrogen-bond donors (Lipinski definition) is 1. The highest BCUT2D eigenvalue weighted by Crippen LogP contribution is 2.24. The largest absolute Gasteiger partial charge is 0.464 e. The molecule has 80 valence electrons. The first-order valence-corrected chi connectivity index (χ1v) is 5.12. The first-order chi connectivity index (χ1) is 7.36. The summed E-state index contributed by atoms with van der Waals surface area (Å²) < 4.78 is 10.9. The first-order valence-electron chi connectivity index (χ1n) is 5.12. The normalized spacial score (nSPS) is 11.1. The van der Waals surface area contributed by atoms with Crippen LogP contribution < -0.4 is 5.73 Å². The molecule has 0 aliphatic rings. The standard InChI is InChI=1S/C12H15NO2/c1-2-14-7-10-8-15-12-9(6-13)4-3-5-11(10)12/h3-5,8H,2,6-7,13H2,1H3. The fourth-order valence-electron chi connectivity index (χ4n) is 1.65. The molecule has 0 radical (unpaired) electrons. The second-order valence-electron chi connectivity index (χ2n) is 3.40. The average Bonchev–Trinajstić information content (AvgIpc) is 2.69. The van der Waals surface area contributed by atoms with E-state index in [9.17, 15) is 0 Å². The fraction of sp³-hybridized carbons (Fsp3) is 0.333. The number of para-hydroxylation sites is 1. The van der Waals surface area contributed by atoms with Crippen LogP contribution in [0.25, 0.3) is 11.0 Å². The van der Waals surface area contributed by atoms with Gasteiger partial charge < -0.3 is 14.9 Å². The van der Waals surface area contributed by atoms with Crippen molar-refractivity contribution in [3.63, 3.8) is 0 Å². The van der Waals surface area contributed by atoms with Crippen molar-refractivity contribution >= 4 is 11.0 Å². The molecular weight excluding hydrogens is 190 g/mol. The summed E-state index contributed by atoms with van der Waals surface area (Å²) in [5, 5.41) is 1.10. The van der Waals surface area contributed by atoms with Crippen molar-refractivity contribution in [2.75, 3.05) is 6.61 Å². The van der Waals surface area contributed by atoms with Crippen LogP contribution in [-0.2, 0) is 17.9 Å². The molecule has 2 rings (SSSR count). The number of hydrogen-bond acceptors (Lipinski definition) is 3. The summed E-state index contributed by atoms with van der Waals surface area (Å²) in [7, 11) is 0. The van der Waals surface area contributed by atoms with E-state index >= 15 is 0 Å². The van der Waals surface area contributed by atoms with Crippen molar-refractivity contribution < 1.29 is 9.15 Å². The average molecular weight is 205 g/mol. The lowest BCUT2D eigenvalue weighted by atomic mass is 10.1. The number of rotatable bonds is 4. The first kappa shape index (κ1) is 10.2. The monoisotopic (exact) mass is 205 g/mol. The minimum Gasteiger partial charge on any atom is -0.464 e. The molecule has 15 heavy (non-hydrogen) atoms. The zero-order chi connectivity index (χ0) is 10.7. The van der Waals surface area contributed by atoms with Crippen molar-refractivity contribution in [3.8, 4) is 0 Å². The Labute approximate surface area is 88.8 Å². The molecule has 1 heterocycles. The van der Waals surface area contributed by atoms with Crippen LogP contribution in [0.4, 0.5) is 0 Å². The maximum absolute atomic E-state index is 5.63. The number of benzene rings is 1. The quantitative estimate of drug-likeness (QED) is 0.833. The minimum absolute atomic E-state index is 0.499. The van der Waals surface area contributed by atoms with Crippen LogP contribution in [0.15, 0.2) is 28.9 Å². The predicted octanol–water partition coefficient (Wildman–Crippen LogP) is 2.43. The van der Waals surface area contributed by atoms with E-state index in [1.165, 1.54) is 0 Å². The summed E-state index contributed by atoms with van der Waals surface area (Å²) in [6.07, 6.45) is 1.75. The summed E-state index contributed by atoms with van der Waals surface area (Å²) in [5.41, 5.74) is 8.64. The van der Waals surface area contributed by atoms with Crippen LogP contribution >= 0.6 is 0 Å². The lowest BCUT2D eigenvalue weighted by Gasteiger charge is -1.99. The van der Waals surface area contributed by atoms with E-state index in [-0.39, 0.29) is 0 Å². The number of ether oxygens (including phenoxy) is 1. The van der Waals surface area contributed by atoms with Crippen LogP contribution in [0.1, 0.15) is 18.1 Å². The zero-order valence-corrected chi connectivity index (χ0v) is 8.82. The van der Waals surface area contributed by atoms with Crippen molar-refractivity contribution in [2.24, 2.45) is 5.73 Å². The molecule has 0 aliphatic carbocycles. The van der Waals surface area contributed by atoms with Crippen LogP contribution in [0.3, 0.4) is 0 Å². The van der Waals surface area contributed by atoms with Crippen molar-refractivity contribution in [1.29, 1.82) is 0 Å². The second-order valence-corrected chi connectivity index (χ2v) is 3.40. The molecular formula is C12H15NO2. The van der Waals surface area contributed by atoms with Gasteiger partial charge in [-0.2, -0.15) is 0 Å². The van der Waals surface area contributed by atoms with E-state index in [0.717, 1.165) is 22.1 Å². The Hall–Kier alpha value is -1.32. The number of fused-ring (bicyclic) bond motifs is 1. The van der Waals surface area contributed by atoms with Gasteiger partial charge in [-0.15, -0.1) is 0 Å². The fourth-order valence-corrected chi connectivity index (χ4v) is 1.65. The van der Waals surface area contributed by atoms with Gasteiger partial charge in [0.2, 0.25) is 0 Å². The van der Waals surface area contributed by atoms with E-state index in [0.29, 0.717) is 19.8 Å². The Morgan fingerprint density at radius 2 is 2.20 bits per heavy atom. The van der Waals surface area contributed by atoms with Crippen molar-refractivity contribution in [3.05, 3.63) is 35.6 Å². The maximum Gasteiger partial charge on any atom is 0.138 e. The minimum atomic E-state index is 0.499. The molecule has 0 fully saturated rings. The Kier molecular flexibility index (Phi) is 3.04. The SMILES string of the molecule is CCOCc1coc2c(CN)cccc12. The van der Waals surface area contributed by atoms with Crippen molar-refractivity contribution in [2.45, 2.75) is 20.1 Å². The number of furan rings is 1. The van der Waals surface area contributed by atoms with Gasteiger partial charge in [-0.1, -0.05) is 18.2 Å². The molecule has 0 saturated heterocycles. The Bertz CT molecular complexity index is 448. The summed E-state index contributed by atoms with van der Waals surface area (Å²) in [4.78, 5) is 0. The highest BCUT2D eigenvalue weighted by atomic mass is 16.5. The third kappa shape index (κ3) is 1.89. The summed E-state index contributed by atoms with van der Waals surface area (Å²) >= 11 is 0. The van der Waals surface area contributed by atoms with Crippen LogP contribution in [0.2, 0.25) is 0 Å². The van der Waals surface area contributed by atoms with Gasteiger partial charge in [0.25, 0.3) is 0 Å². The third-order valence-electron chi connectivity index (χ3n) is 2.44. The summed E-state index contributed by atoms with van der Waals surface area (Å²) in [6, 6.07) is 6.01. The van der Waals surface area contributed by atoms with E-state index in [2.05, 4.69) is 0 Å². The molecule has 0 bridgehead atoms. The molecule has 0 amide bonds. The van der Waals surface area contributed by atoms with Gasteiger partial charge in [-0.05, 0) is 6.92 Å². The molecule has 1 aromatic carbocycles. The van der Waals surface area contributed by atoms with E-state index in [1.54, 1.807) is 6.26 Å². The molecule has 0 spiro atoms. The molecule has 3 heteroatoms. The summed E-state index contributed by atoms with van der Waals surface area (Å²) in [5.74, 6) is 0. The van der Waals surface area contributed by atoms with Gasteiger partial charge in [-0.3, -0.25) is 0 Å². The highest BCUT2D eigenvalue weighted by Gasteiger charge is 2.08. The van der Waals surface area contributed by atoms with Crippen LogP contribution in [0.5, 0.6) is 0 Å². The molecule has 0 aliphatic heterocycles. The smallest absolute Gasteiger partial charge is 0.138 e. The van der Waals surface area contributed by atoms with E-state index in [1.807, 2.05) is 25.1 Å². The van der Waals surface area contributed by atoms with Gasteiger partial charge in [0.1, 0.15) is 5.58 Å². The molecule has 2 N–H and O–H groups in total. The Balaban J connectivity index is 2.42. The highest BCUT2D eigenvalue weighted by molar-refractivity contribution is 5.83. The van der Waals surface area contributed by atoms with Gasteiger partial charge in [0.15, 0.2) is 0 Å². The lowest BCUT2D eigenvalue weighted by Crippen LogP contribution is -1.96. The van der Waals surface area contributed by atoms with Gasteiger partial charge in [0.05, 0.1) is 12.9 Å². The molecule has 2 aromatic rings. The molecule has 0 saturated carbocycles. The lowest BCUT2D eigenvalue weighted by molar-refractivity contribution is 0.134. The Morgan fingerprint density at radius 3 is 2.93 bits per heavy atom. The van der Waals surface area contributed by atoms with Gasteiger partial charge in [-0.25, -0.2) is 0 Å². The van der Waals surface area contributed by atoms with Crippen molar-refractivity contribution in [1.82, 2.24) is 0 Å². The zero-order valence-electron chi connectivity index (χ0n) is 8.82. The Morgan fingerprint density at radius 1 is 1.33 bits per heavy atom. The molecule has 1 aromatic heterocycles. The van der Waals surface area contributed by atoms with Crippen LogP contribution in [0, 0.1) is 0 Å². The predicted molar refractivity (Wildman–Crippen MR) is 59.4 cm³/mol. The van der Waals surface area contributed by atoms with Crippen LogP contribution in [-0.4, -0.2) is 6.61 Å². The summed E-state index contributed by atoms with van der Waals surface area (Å²) in [6.45, 7) is 3.79. The number of nitrogens with two attached hydrogens (primary N) is 1. The molecule has 3 nitrogen and oxygen atoms in total. The maximum atomic E-state index is 5.63. The molecule has 0 atom stereocenters. The third-order valence-corrected chi connectivity index (χ3v) is 2.44. The van der Waals surface area contributed by atoms with Gasteiger partial charge >= 0.3 is 0 Å². The second kappa shape index (κ2) is 4.47. The molecule has 0 unspecified atom stereocenters. The van der Waals surface area contributed by atoms with E-state index < -0.39 is 0 Å². The van der Waals surface area contributed by atoms with E-state index in [4.69, 9.17) is 14.9 Å².